The van der Waals surface area contributed by atoms with E-state index in [-0.39, 0.29) is 17.9 Å². The predicted octanol–water partition coefficient (Wildman–Crippen LogP) is 5.79. The van der Waals surface area contributed by atoms with E-state index in [0.717, 1.165) is 54.8 Å². The van der Waals surface area contributed by atoms with Crippen LogP contribution in [0.25, 0.3) is 0 Å². The van der Waals surface area contributed by atoms with Gasteiger partial charge in [0.15, 0.2) is 11.6 Å². The van der Waals surface area contributed by atoms with Crippen LogP contribution >= 0.6 is 0 Å². The summed E-state index contributed by atoms with van der Waals surface area (Å²) in [5, 5.41) is 2.83. The minimum absolute atomic E-state index is 0.0395. The molecular formula is C34H41FN4O5. The zero-order valence-electron chi connectivity index (χ0n) is 26.1. The second-order valence-electron chi connectivity index (χ2n) is 13.8. The molecule has 2 aliphatic heterocycles. The first-order chi connectivity index (χ1) is 20.9. The molecule has 6 rings (SSSR count). The lowest BCUT2D eigenvalue weighted by Crippen LogP contribution is -2.66. The number of amides is 1. The van der Waals surface area contributed by atoms with Crippen molar-refractivity contribution in [2.45, 2.75) is 77.2 Å². The number of rotatable bonds is 9. The summed E-state index contributed by atoms with van der Waals surface area (Å²) in [5.74, 6) is 1.27. The van der Waals surface area contributed by atoms with Crippen LogP contribution in [0, 0.1) is 11.2 Å². The number of ether oxygens (including phenoxy) is 4. The number of halogens is 1. The van der Waals surface area contributed by atoms with Crippen molar-refractivity contribution in [2.24, 2.45) is 5.41 Å². The zero-order valence-corrected chi connectivity index (χ0v) is 26.1. The Bertz CT molecular complexity index is 1490. The van der Waals surface area contributed by atoms with E-state index in [0.29, 0.717) is 24.9 Å². The fraction of sp³-hybridized carbons (Fsp3) is 0.500. The molecule has 2 saturated heterocycles. The molecule has 234 valence electrons. The Morgan fingerprint density at radius 2 is 1.75 bits per heavy atom. The molecule has 3 aliphatic rings. The normalized spacial score (nSPS) is 20.6. The van der Waals surface area contributed by atoms with Crippen LogP contribution in [0.4, 0.5) is 15.1 Å². The van der Waals surface area contributed by atoms with Gasteiger partial charge in [0, 0.05) is 43.6 Å². The number of anilines is 1. The van der Waals surface area contributed by atoms with Crippen molar-refractivity contribution >= 4 is 12.0 Å². The second kappa shape index (κ2) is 11.5. The molecule has 0 atom stereocenters. The number of hydrogen-bond donors (Lipinski definition) is 1. The van der Waals surface area contributed by atoms with Crippen molar-refractivity contribution < 1.29 is 28.1 Å². The Morgan fingerprint density at radius 1 is 1.05 bits per heavy atom. The number of alkyl carbamates (subject to hydrolysis) is 1. The van der Waals surface area contributed by atoms with Crippen molar-refractivity contribution in [1.29, 1.82) is 0 Å². The van der Waals surface area contributed by atoms with Gasteiger partial charge in [0.05, 0.1) is 24.3 Å². The Balaban J connectivity index is 1.00. The number of carbonyl (C=O) groups is 1. The first kappa shape index (κ1) is 30.1. The van der Waals surface area contributed by atoms with E-state index in [2.05, 4.69) is 34.0 Å². The summed E-state index contributed by atoms with van der Waals surface area (Å²) >= 11 is 0. The number of hydrogen-bond acceptors (Lipinski definition) is 8. The van der Waals surface area contributed by atoms with Gasteiger partial charge in [0.2, 0.25) is 5.95 Å². The monoisotopic (exact) mass is 604 g/mol. The molecule has 44 heavy (non-hydrogen) atoms. The van der Waals surface area contributed by atoms with Crippen molar-refractivity contribution in [2.75, 3.05) is 31.2 Å². The van der Waals surface area contributed by atoms with Crippen molar-refractivity contribution in [3.05, 3.63) is 77.4 Å². The quantitative estimate of drug-likeness (QED) is 0.328. The van der Waals surface area contributed by atoms with E-state index in [1.165, 1.54) is 0 Å². The largest absolute Gasteiger partial charge is 0.487 e. The lowest BCUT2D eigenvalue weighted by atomic mass is 9.78. The molecular weight excluding hydrogens is 563 g/mol. The van der Waals surface area contributed by atoms with Crippen LogP contribution in [-0.4, -0.2) is 60.1 Å². The molecule has 1 N–H and O–H groups in total. The molecule has 1 aromatic heterocycles. The molecule has 3 aromatic rings. The van der Waals surface area contributed by atoms with Gasteiger partial charge in [-0.05, 0) is 62.2 Å². The molecule has 1 amide bonds. The van der Waals surface area contributed by atoms with Crippen LogP contribution in [0.3, 0.4) is 0 Å². The van der Waals surface area contributed by atoms with Crippen LogP contribution in [-0.2, 0) is 21.5 Å². The molecule has 1 spiro atoms. The molecule has 2 aromatic carbocycles. The Kier molecular flexibility index (Phi) is 7.90. The van der Waals surface area contributed by atoms with E-state index in [1.807, 2.05) is 57.2 Å². The van der Waals surface area contributed by atoms with Crippen molar-refractivity contribution in [3.63, 3.8) is 0 Å². The molecule has 10 heteroatoms. The summed E-state index contributed by atoms with van der Waals surface area (Å²) in [4.78, 5) is 23.2. The lowest BCUT2D eigenvalue weighted by molar-refractivity contribution is -0.127. The molecule has 0 bridgehead atoms. The number of nitrogens with one attached hydrogen (secondary N) is 1. The Hall–Kier alpha value is -3.92. The first-order valence-electron chi connectivity index (χ1n) is 15.2. The fourth-order valence-electron chi connectivity index (χ4n) is 5.81. The molecule has 0 unspecified atom stereocenters. The number of carbonyl (C=O) groups excluding carboxylic acids is 1. The standard InChI is InChI=1S/C34H41FN4O5/c1-32(2,3)44-31(40)38-25-15-27(16-25)43-29-11-8-23(14-28(29)35)33(4,5)22-6-9-26(10-7-22)42-17-24-12-13-36-30(37-24)39-18-34(19-39)20-41-21-34/h6-14,25,27H,15-21H2,1-5H3,(H,38,40). The maximum Gasteiger partial charge on any atom is 0.407 e. The van der Waals surface area contributed by atoms with Crippen LogP contribution < -0.4 is 19.7 Å². The van der Waals surface area contributed by atoms with Crippen molar-refractivity contribution in [1.82, 2.24) is 15.3 Å². The van der Waals surface area contributed by atoms with Gasteiger partial charge in [-0.3, -0.25) is 0 Å². The summed E-state index contributed by atoms with van der Waals surface area (Å²) < 4.78 is 37.7. The third kappa shape index (κ3) is 6.60. The van der Waals surface area contributed by atoms with E-state index in [4.69, 9.17) is 18.9 Å². The molecule has 0 radical (unpaired) electrons. The summed E-state index contributed by atoms with van der Waals surface area (Å²) in [7, 11) is 0. The highest BCUT2D eigenvalue weighted by molar-refractivity contribution is 5.68. The fourth-order valence-corrected chi connectivity index (χ4v) is 5.81. The predicted molar refractivity (Wildman–Crippen MR) is 164 cm³/mol. The maximum absolute atomic E-state index is 15.1. The van der Waals surface area contributed by atoms with Crippen molar-refractivity contribution in [3.8, 4) is 11.5 Å². The van der Waals surface area contributed by atoms with Crippen LogP contribution in [0.1, 0.15) is 64.3 Å². The van der Waals surface area contributed by atoms with Gasteiger partial charge >= 0.3 is 6.09 Å². The topological polar surface area (TPSA) is 95.0 Å². The average molecular weight is 605 g/mol. The highest BCUT2D eigenvalue weighted by Crippen LogP contribution is 2.39. The maximum atomic E-state index is 15.1. The minimum atomic E-state index is -0.551. The van der Waals surface area contributed by atoms with Gasteiger partial charge in [-0.25, -0.2) is 19.2 Å². The molecule has 3 fully saturated rings. The van der Waals surface area contributed by atoms with Gasteiger partial charge in [-0.1, -0.05) is 32.0 Å². The van der Waals surface area contributed by atoms with E-state index in [1.54, 1.807) is 18.3 Å². The molecule has 9 nitrogen and oxygen atoms in total. The SMILES string of the molecule is CC(C)(C)OC(=O)NC1CC(Oc2ccc(C(C)(C)c3ccc(OCc4ccnc(N5CC6(COC6)C5)n4)cc3)cc2F)C1. The Labute approximate surface area is 258 Å². The molecule has 1 aliphatic carbocycles. The lowest BCUT2D eigenvalue weighted by Gasteiger charge is -2.54. The van der Waals surface area contributed by atoms with Crippen LogP contribution in [0.15, 0.2) is 54.7 Å². The van der Waals surface area contributed by atoms with E-state index < -0.39 is 22.9 Å². The Morgan fingerprint density at radius 3 is 2.39 bits per heavy atom. The smallest absolute Gasteiger partial charge is 0.407 e. The average Bonchev–Trinajstić information content (AvgIpc) is 2.89. The van der Waals surface area contributed by atoms with E-state index >= 15 is 4.39 Å². The minimum Gasteiger partial charge on any atom is -0.487 e. The van der Waals surface area contributed by atoms with Gasteiger partial charge in [-0.2, -0.15) is 0 Å². The second-order valence-corrected chi connectivity index (χ2v) is 13.8. The van der Waals surface area contributed by atoms with Crippen LogP contribution in [0.5, 0.6) is 11.5 Å². The highest BCUT2D eigenvalue weighted by Gasteiger charge is 2.49. The van der Waals surface area contributed by atoms with E-state index in [9.17, 15) is 4.79 Å². The number of nitrogens with zero attached hydrogens (tertiary/aromatic N) is 3. The van der Waals surface area contributed by atoms with Gasteiger partial charge in [0.1, 0.15) is 24.1 Å². The summed E-state index contributed by atoms with van der Waals surface area (Å²) in [6.07, 6.45) is 2.38. The summed E-state index contributed by atoms with van der Waals surface area (Å²) in [6, 6.07) is 14.8. The first-order valence-corrected chi connectivity index (χ1v) is 15.2. The summed E-state index contributed by atoms with van der Waals surface area (Å²) in [5.41, 5.74) is 1.99. The van der Waals surface area contributed by atoms with Gasteiger partial charge in [-0.15, -0.1) is 0 Å². The zero-order chi connectivity index (χ0) is 31.1. The molecule has 1 saturated carbocycles. The van der Waals surface area contributed by atoms with Crippen LogP contribution in [0.2, 0.25) is 0 Å². The molecule has 3 heterocycles. The van der Waals surface area contributed by atoms with Gasteiger partial charge in [0.25, 0.3) is 0 Å². The summed E-state index contributed by atoms with van der Waals surface area (Å²) in [6.45, 7) is 13.5. The van der Waals surface area contributed by atoms with Gasteiger partial charge < -0.3 is 29.2 Å². The number of benzene rings is 2. The highest BCUT2D eigenvalue weighted by atomic mass is 19.1. The third-order valence-electron chi connectivity index (χ3n) is 8.58. The third-order valence-corrected chi connectivity index (χ3v) is 8.58. The number of aromatic nitrogens is 2.